The number of hydrogen-bond acceptors (Lipinski definition) is 3. The zero-order chi connectivity index (χ0) is 15.9. The monoisotopic (exact) mass is 356 g/mol. The van der Waals surface area contributed by atoms with Crippen molar-refractivity contribution in [2.45, 2.75) is 53.0 Å². The lowest BCUT2D eigenvalue weighted by molar-refractivity contribution is -0.385. The van der Waals surface area contributed by atoms with Crippen LogP contribution in [0.25, 0.3) is 0 Å². The van der Waals surface area contributed by atoms with Crippen molar-refractivity contribution in [1.29, 1.82) is 0 Å². The van der Waals surface area contributed by atoms with E-state index in [1.807, 2.05) is 6.07 Å². The Kier molecular flexibility index (Phi) is 7.32. The second-order valence-electron chi connectivity index (χ2n) is 6.30. The summed E-state index contributed by atoms with van der Waals surface area (Å²) < 4.78 is 0.746. The van der Waals surface area contributed by atoms with Crippen LogP contribution in [0.5, 0.6) is 0 Å². The van der Waals surface area contributed by atoms with Crippen LogP contribution in [0.15, 0.2) is 22.7 Å². The van der Waals surface area contributed by atoms with Gasteiger partial charge >= 0.3 is 0 Å². The molecule has 0 spiro atoms. The summed E-state index contributed by atoms with van der Waals surface area (Å²) in [5.74, 6) is 0. The summed E-state index contributed by atoms with van der Waals surface area (Å²) in [5.41, 5.74) is 1.32. The summed E-state index contributed by atoms with van der Waals surface area (Å²) in [6, 6.07) is 5.07. The molecule has 4 nitrogen and oxygen atoms in total. The Hall–Kier alpha value is -0.940. The van der Waals surface area contributed by atoms with Gasteiger partial charge in [0, 0.05) is 29.7 Å². The molecule has 0 fully saturated rings. The fourth-order valence-electron chi connectivity index (χ4n) is 2.33. The second-order valence-corrected chi connectivity index (χ2v) is 7.22. The topological polar surface area (TPSA) is 55.2 Å². The maximum atomic E-state index is 10.8. The van der Waals surface area contributed by atoms with Gasteiger partial charge in [-0.15, -0.1) is 0 Å². The van der Waals surface area contributed by atoms with E-state index in [0.717, 1.165) is 16.6 Å². The molecule has 1 aromatic rings. The van der Waals surface area contributed by atoms with Gasteiger partial charge in [0.25, 0.3) is 5.69 Å². The molecule has 0 unspecified atom stereocenters. The van der Waals surface area contributed by atoms with Gasteiger partial charge in [0.2, 0.25) is 0 Å². The number of non-ortho nitro benzene ring substituents is 1. The summed E-state index contributed by atoms with van der Waals surface area (Å²) in [7, 11) is 0. The molecule has 1 aromatic carbocycles. The van der Waals surface area contributed by atoms with Crippen LogP contribution in [0.4, 0.5) is 5.69 Å². The van der Waals surface area contributed by atoms with Gasteiger partial charge in [-0.05, 0) is 23.5 Å². The smallest absolute Gasteiger partial charge is 0.270 e. The van der Waals surface area contributed by atoms with Crippen LogP contribution in [0, 0.1) is 15.5 Å². The van der Waals surface area contributed by atoms with E-state index < -0.39 is 0 Å². The number of hydrogen-bond donors (Lipinski definition) is 1. The molecule has 0 aliphatic rings. The highest BCUT2D eigenvalue weighted by atomic mass is 79.9. The fraction of sp³-hybridized carbons (Fsp3) is 0.625. The third kappa shape index (κ3) is 7.05. The molecule has 0 bridgehead atoms. The number of nitrogens with zero attached hydrogens (tertiary/aromatic N) is 1. The standard InChI is InChI=1S/C16H25BrN2O2/c1-4-5-6-7-16(2,3)12-18-11-13-8-14(17)10-15(9-13)19(20)21/h8-10,18H,4-7,11-12H2,1-3H3. The predicted octanol–water partition coefficient (Wildman–Crippen LogP) is 5.05. The van der Waals surface area contributed by atoms with Crippen LogP contribution < -0.4 is 5.32 Å². The molecule has 118 valence electrons. The number of unbranched alkanes of at least 4 members (excludes halogenated alkanes) is 2. The molecular weight excluding hydrogens is 332 g/mol. The first kappa shape index (κ1) is 18.1. The van der Waals surface area contributed by atoms with E-state index in [9.17, 15) is 10.1 Å². The van der Waals surface area contributed by atoms with Crippen molar-refractivity contribution in [2.24, 2.45) is 5.41 Å². The van der Waals surface area contributed by atoms with E-state index in [1.165, 1.54) is 31.7 Å². The first-order valence-electron chi connectivity index (χ1n) is 7.48. The Morgan fingerprint density at radius 2 is 2.00 bits per heavy atom. The van der Waals surface area contributed by atoms with E-state index in [4.69, 9.17) is 0 Å². The number of benzene rings is 1. The maximum Gasteiger partial charge on any atom is 0.270 e. The quantitative estimate of drug-likeness (QED) is 0.382. The summed E-state index contributed by atoms with van der Waals surface area (Å²) in [5, 5.41) is 14.3. The lowest BCUT2D eigenvalue weighted by atomic mass is 9.87. The van der Waals surface area contributed by atoms with Crippen LogP contribution in [0.1, 0.15) is 52.0 Å². The maximum absolute atomic E-state index is 10.8. The average molecular weight is 357 g/mol. The van der Waals surface area contributed by atoms with Gasteiger partial charge in [0.1, 0.15) is 0 Å². The Labute approximate surface area is 135 Å². The fourth-order valence-corrected chi connectivity index (χ4v) is 2.86. The first-order valence-corrected chi connectivity index (χ1v) is 8.28. The van der Waals surface area contributed by atoms with Crippen LogP contribution in [0.3, 0.4) is 0 Å². The van der Waals surface area contributed by atoms with E-state index in [2.05, 4.69) is 42.0 Å². The molecule has 0 aliphatic carbocycles. The summed E-state index contributed by atoms with van der Waals surface area (Å²) in [6.45, 7) is 8.30. The van der Waals surface area contributed by atoms with Crippen molar-refractivity contribution in [1.82, 2.24) is 5.32 Å². The van der Waals surface area contributed by atoms with Crippen LogP contribution >= 0.6 is 15.9 Å². The average Bonchev–Trinajstić information content (AvgIpc) is 2.38. The molecule has 0 aliphatic heterocycles. The molecule has 0 saturated heterocycles. The van der Waals surface area contributed by atoms with Gasteiger partial charge in [-0.1, -0.05) is 56.0 Å². The molecule has 1 rings (SSSR count). The zero-order valence-electron chi connectivity index (χ0n) is 13.1. The normalized spacial score (nSPS) is 11.6. The number of nitro benzene ring substituents is 1. The highest BCUT2D eigenvalue weighted by molar-refractivity contribution is 9.10. The minimum absolute atomic E-state index is 0.128. The first-order chi connectivity index (χ1) is 9.84. The number of halogens is 1. The Bertz CT molecular complexity index is 475. The number of rotatable bonds is 9. The summed E-state index contributed by atoms with van der Waals surface area (Å²) in [6.07, 6.45) is 4.98. The van der Waals surface area contributed by atoms with Gasteiger partial charge < -0.3 is 5.32 Å². The predicted molar refractivity (Wildman–Crippen MR) is 90.4 cm³/mol. The van der Waals surface area contributed by atoms with Crippen LogP contribution in [-0.2, 0) is 6.54 Å². The minimum Gasteiger partial charge on any atom is -0.312 e. The lowest BCUT2D eigenvalue weighted by Crippen LogP contribution is -2.29. The number of nitrogens with one attached hydrogen (secondary N) is 1. The Morgan fingerprint density at radius 3 is 2.62 bits per heavy atom. The van der Waals surface area contributed by atoms with Crippen LogP contribution in [0.2, 0.25) is 0 Å². The van der Waals surface area contributed by atoms with Crippen molar-refractivity contribution in [2.75, 3.05) is 6.54 Å². The summed E-state index contributed by atoms with van der Waals surface area (Å²) >= 11 is 3.32. The SMILES string of the molecule is CCCCCC(C)(C)CNCc1cc(Br)cc([N+](=O)[O-])c1. The third-order valence-corrected chi connectivity index (χ3v) is 4.00. The molecule has 21 heavy (non-hydrogen) atoms. The number of nitro groups is 1. The zero-order valence-corrected chi connectivity index (χ0v) is 14.7. The molecule has 0 saturated carbocycles. The molecule has 0 radical (unpaired) electrons. The molecule has 0 aromatic heterocycles. The van der Waals surface area contributed by atoms with Crippen molar-refractivity contribution in [3.05, 3.63) is 38.3 Å². The van der Waals surface area contributed by atoms with Crippen LogP contribution in [-0.4, -0.2) is 11.5 Å². The van der Waals surface area contributed by atoms with Crippen molar-refractivity contribution in [3.8, 4) is 0 Å². The summed E-state index contributed by atoms with van der Waals surface area (Å²) in [4.78, 5) is 10.5. The van der Waals surface area contributed by atoms with Gasteiger partial charge in [0.05, 0.1) is 4.92 Å². The van der Waals surface area contributed by atoms with Gasteiger partial charge in [-0.2, -0.15) is 0 Å². The van der Waals surface area contributed by atoms with E-state index >= 15 is 0 Å². The Morgan fingerprint density at radius 1 is 1.29 bits per heavy atom. The second kappa shape index (κ2) is 8.49. The highest BCUT2D eigenvalue weighted by Gasteiger charge is 2.17. The van der Waals surface area contributed by atoms with E-state index in [1.54, 1.807) is 6.07 Å². The van der Waals surface area contributed by atoms with Gasteiger partial charge in [0.15, 0.2) is 0 Å². The lowest BCUT2D eigenvalue weighted by Gasteiger charge is -2.25. The molecule has 1 N–H and O–H groups in total. The molecule has 5 heteroatoms. The van der Waals surface area contributed by atoms with E-state index in [-0.39, 0.29) is 16.0 Å². The van der Waals surface area contributed by atoms with Crippen molar-refractivity contribution < 1.29 is 4.92 Å². The third-order valence-electron chi connectivity index (χ3n) is 3.54. The molecule has 0 heterocycles. The molecular formula is C16H25BrN2O2. The minimum atomic E-state index is -0.358. The highest BCUT2D eigenvalue weighted by Crippen LogP contribution is 2.24. The van der Waals surface area contributed by atoms with Gasteiger partial charge in [-0.25, -0.2) is 0 Å². The molecule has 0 amide bonds. The van der Waals surface area contributed by atoms with E-state index in [0.29, 0.717) is 6.54 Å². The molecule has 0 atom stereocenters. The van der Waals surface area contributed by atoms with Crippen molar-refractivity contribution in [3.63, 3.8) is 0 Å². The largest absolute Gasteiger partial charge is 0.312 e. The Balaban J connectivity index is 2.50. The van der Waals surface area contributed by atoms with Gasteiger partial charge in [-0.3, -0.25) is 10.1 Å². The van der Waals surface area contributed by atoms with Crippen molar-refractivity contribution >= 4 is 21.6 Å².